The third-order valence-electron chi connectivity index (χ3n) is 3.39. The lowest BCUT2D eigenvalue weighted by Gasteiger charge is -2.13. The number of pyridine rings is 1. The zero-order chi connectivity index (χ0) is 16.7. The highest BCUT2D eigenvalue weighted by molar-refractivity contribution is 5.97. The molecular formula is C18H20N2O3. The van der Waals surface area contributed by atoms with Gasteiger partial charge < -0.3 is 10.6 Å². The first-order chi connectivity index (χ1) is 11.1. The highest BCUT2D eigenvalue weighted by atomic mass is 16.5. The number of nitrogens with two attached hydrogens (primary N) is 1. The van der Waals surface area contributed by atoms with Gasteiger partial charge in [0.25, 0.3) is 0 Å². The summed E-state index contributed by atoms with van der Waals surface area (Å²) in [5.74, 6) is 5.61. The maximum Gasteiger partial charge on any atom is 0.224 e. The van der Waals surface area contributed by atoms with E-state index in [1.165, 1.54) is 12.3 Å². The molecule has 0 aliphatic heterocycles. The predicted octanol–water partition coefficient (Wildman–Crippen LogP) is 2.68. The number of ether oxygens (including phenoxy) is 1. The zero-order valence-corrected chi connectivity index (χ0v) is 12.9. The molecule has 0 aliphatic carbocycles. The van der Waals surface area contributed by atoms with Crippen LogP contribution in [-0.4, -0.2) is 10.5 Å². The summed E-state index contributed by atoms with van der Waals surface area (Å²) in [6.45, 7) is 3.83. The van der Waals surface area contributed by atoms with Gasteiger partial charge in [-0.2, -0.15) is 0 Å². The number of carbonyl (C=O) groups is 1. The number of nitrogen functional groups attached to an aromatic ring is 1. The summed E-state index contributed by atoms with van der Waals surface area (Å²) in [6.07, 6.45) is 4.80. The summed E-state index contributed by atoms with van der Waals surface area (Å²) in [7, 11) is 0. The van der Waals surface area contributed by atoms with E-state index in [0.29, 0.717) is 6.42 Å². The summed E-state index contributed by atoms with van der Waals surface area (Å²) in [5, 5.41) is 0. The van der Waals surface area contributed by atoms with Crippen LogP contribution in [0.5, 0.6) is 5.75 Å². The maximum absolute atomic E-state index is 12.4. The van der Waals surface area contributed by atoms with Gasteiger partial charge in [-0.25, -0.2) is 0 Å². The average Bonchev–Trinajstić information content (AvgIpc) is 2.56. The lowest BCUT2D eigenvalue weighted by molar-refractivity contribution is 0.0967. The van der Waals surface area contributed by atoms with Crippen LogP contribution >= 0.6 is 0 Å². The molecule has 2 aromatic rings. The van der Waals surface area contributed by atoms with Gasteiger partial charge in [-0.3, -0.25) is 14.3 Å². The van der Waals surface area contributed by atoms with Crippen LogP contribution < -0.4 is 16.0 Å². The molecule has 0 saturated carbocycles. The quantitative estimate of drug-likeness (QED) is 0.352. The van der Waals surface area contributed by atoms with Crippen molar-refractivity contribution in [2.75, 3.05) is 5.84 Å². The first-order valence-corrected chi connectivity index (χ1v) is 7.45. The molecule has 0 unspecified atom stereocenters. The number of unbranched alkanes of at least 4 members (excludes halogenated alkanes) is 1. The Kier molecular flexibility index (Phi) is 5.74. The minimum Gasteiger partial charge on any atom is -0.483 e. The van der Waals surface area contributed by atoms with Gasteiger partial charge in [-0.05, 0) is 18.4 Å². The molecule has 0 amide bonds. The molecule has 0 fully saturated rings. The molecule has 0 bridgehead atoms. The van der Waals surface area contributed by atoms with Crippen LogP contribution in [0.2, 0.25) is 0 Å². The summed E-state index contributed by atoms with van der Waals surface area (Å²) >= 11 is 0. The Morgan fingerprint density at radius 2 is 2.00 bits per heavy atom. The van der Waals surface area contributed by atoms with Gasteiger partial charge in [0.1, 0.15) is 6.61 Å². The Bertz CT molecular complexity index is 736. The first-order valence-electron chi connectivity index (χ1n) is 7.45. The number of Topliss-reactive ketones (excluding diaryl/α,β-unsaturated/α-hetero) is 1. The molecule has 2 rings (SSSR count). The molecule has 1 heterocycles. The molecule has 120 valence electrons. The molecule has 1 aromatic carbocycles. The van der Waals surface area contributed by atoms with Crippen molar-refractivity contribution in [1.82, 2.24) is 4.68 Å². The minimum absolute atomic E-state index is 0.00227. The van der Waals surface area contributed by atoms with E-state index in [0.717, 1.165) is 16.7 Å². The molecule has 23 heavy (non-hydrogen) atoms. The summed E-state index contributed by atoms with van der Waals surface area (Å²) in [5.41, 5.74) is 0.663. The molecule has 1 aromatic heterocycles. The summed E-state index contributed by atoms with van der Waals surface area (Å²) in [4.78, 5) is 24.5. The van der Waals surface area contributed by atoms with Gasteiger partial charge in [0, 0.05) is 18.7 Å². The van der Waals surface area contributed by atoms with Gasteiger partial charge >= 0.3 is 0 Å². The number of hydrogen-bond acceptors (Lipinski definition) is 4. The number of allylic oxidation sites excluding steroid dienone is 1. The monoisotopic (exact) mass is 312 g/mol. The first kappa shape index (κ1) is 16.5. The molecular weight excluding hydrogens is 292 g/mol. The zero-order valence-electron chi connectivity index (χ0n) is 12.9. The van der Waals surface area contributed by atoms with Gasteiger partial charge in [-0.1, -0.05) is 36.4 Å². The van der Waals surface area contributed by atoms with Gasteiger partial charge in [0.05, 0.1) is 0 Å². The minimum atomic E-state index is -0.352. The van der Waals surface area contributed by atoms with Crippen LogP contribution in [0.15, 0.2) is 60.0 Å². The number of aromatic nitrogens is 1. The van der Waals surface area contributed by atoms with E-state index < -0.39 is 0 Å². The smallest absolute Gasteiger partial charge is 0.224 e. The van der Waals surface area contributed by atoms with Gasteiger partial charge in [0.2, 0.25) is 5.43 Å². The van der Waals surface area contributed by atoms with E-state index in [2.05, 4.69) is 6.58 Å². The number of nitrogens with zero attached hydrogens (tertiary/aromatic N) is 1. The number of hydrogen-bond donors (Lipinski definition) is 1. The Morgan fingerprint density at radius 3 is 2.70 bits per heavy atom. The molecule has 5 nitrogen and oxygen atoms in total. The van der Waals surface area contributed by atoms with E-state index in [4.69, 9.17) is 10.6 Å². The van der Waals surface area contributed by atoms with Crippen LogP contribution in [0.3, 0.4) is 0 Å². The van der Waals surface area contributed by atoms with E-state index >= 15 is 0 Å². The van der Waals surface area contributed by atoms with Crippen LogP contribution in [0.4, 0.5) is 0 Å². The topological polar surface area (TPSA) is 74.3 Å². The summed E-state index contributed by atoms with van der Waals surface area (Å²) in [6, 6.07) is 10.7. The second kappa shape index (κ2) is 7.98. The third-order valence-corrected chi connectivity index (χ3v) is 3.39. The van der Waals surface area contributed by atoms with Crippen molar-refractivity contribution in [2.45, 2.75) is 25.9 Å². The van der Waals surface area contributed by atoms with Crippen LogP contribution in [0.25, 0.3) is 0 Å². The Balaban J connectivity index is 2.23. The van der Waals surface area contributed by atoms with Crippen molar-refractivity contribution in [1.29, 1.82) is 0 Å². The van der Waals surface area contributed by atoms with Gasteiger partial charge in [-0.15, -0.1) is 6.58 Å². The highest BCUT2D eigenvalue weighted by Gasteiger charge is 2.19. The predicted molar refractivity (Wildman–Crippen MR) is 90.0 cm³/mol. The van der Waals surface area contributed by atoms with Crippen molar-refractivity contribution >= 4 is 5.78 Å². The van der Waals surface area contributed by atoms with E-state index in [9.17, 15) is 9.59 Å². The van der Waals surface area contributed by atoms with Crippen LogP contribution in [0.1, 0.15) is 35.3 Å². The van der Waals surface area contributed by atoms with Crippen molar-refractivity contribution in [3.63, 3.8) is 0 Å². The Labute approximate surface area is 135 Å². The SMILES string of the molecule is C=CCCCC(=O)c1c(OCc2ccccc2)c(=O)ccn1N. The lowest BCUT2D eigenvalue weighted by atomic mass is 10.1. The summed E-state index contributed by atoms with van der Waals surface area (Å²) < 4.78 is 6.76. The van der Waals surface area contributed by atoms with E-state index in [1.54, 1.807) is 6.08 Å². The normalized spacial score (nSPS) is 10.3. The van der Waals surface area contributed by atoms with Gasteiger partial charge in [0.15, 0.2) is 17.2 Å². The maximum atomic E-state index is 12.4. The van der Waals surface area contributed by atoms with Crippen molar-refractivity contribution in [3.05, 3.63) is 76.7 Å². The fourth-order valence-electron chi connectivity index (χ4n) is 2.20. The fourth-order valence-corrected chi connectivity index (χ4v) is 2.20. The average molecular weight is 312 g/mol. The molecule has 0 radical (unpaired) electrons. The third kappa shape index (κ3) is 4.32. The molecule has 5 heteroatoms. The van der Waals surface area contributed by atoms with E-state index in [-0.39, 0.29) is 35.7 Å². The second-order valence-corrected chi connectivity index (χ2v) is 5.14. The van der Waals surface area contributed by atoms with E-state index in [1.807, 2.05) is 30.3 Å². The molecule has 0 spiro atoms. The number of carbonyl (C=O) groups excluding carboxylic acids is 1. The van der Waals surface area contributed by atoms with Crippen molar-refractivity contribution in [3.8, 4) is 5.75 Å². The molecule has 0 saturated heterocycles. The molecule has 2 N–H and O–H groups in total. The Morgan fingerprint density at radius 1 is 1.26 bits per heavy atom. The van der Waals surface area contributed by atoms with Crippen molar-refractivity contribution in [2.24, 2.45) is 0 Å². The van der Waals surface area contributed by atoms with Crippen LogP contribution in [0, 0.1) is 0 Å². The fraction of sp³-hybridized carbons (Fsp3) is 0.222. The van der Waals surface area contributed by atoms with Crippen molar-refractivity contribution < 1.29 is 9.53 Å². The molecule has 0 aliphatic rings. The highest BCUT2D eigenvalue weighted by Crippen LogP contribution is 2.17. The number of benzene rings is 1. The number of ketones is 1. The standard InChI is InChI=1S/C18H20N2O3/c1-2-3-5-10-15(21)17-18(16(22)11-12-20(17)19)23-13-14-8-6-4-7-9-14/h2,4,6-9,11-12H,1,3,5,10,13,19H2. The number of rotatable bonds is 8. The largest absolute Gasteiger partial charge is 0.483 e. The lowest BCUT2D eigenvalue weighted by Crippen LogP contribution is -2.24. The molecule has 0 atom stereocenters. The second-order valence-electron chi connectivity index (χ2n) is 5.14. The Hall–Kier alpha value is -2.82. The van der Waals surface area contributed by atoms with Crippen LogP contribution in [-0.2, 0) is 6.61 Å².